The van der Waals surface area contributed by atoms with E-state index in [1.54, 1.807) is 0 Å². The van der Waals surface area contributed by atoms with Gasteiger partial charge >= 0.3 is 0 Å². The number of rotatable bonds is 10. The SMILES string of the molecule is CCOCCC(=CF)OC(=CF)CCOCC. The van der Waals surface area contributed by atoms with Crippen molar-refractivity contribution in [2.75, 3.05) is 26.4 Å². The summed E-state index contributed by atoms with van der Waals surface area (Å²) in [7, 11) is 0. The summed E-state index contributed by atoms with van der Waals surface area (Å²) in [5.74, 6) is 0.109. The van der Waals surface area contributed by atoms with Gasteiger partial charge in [0, 0.05) is 26.1 Å². The van der Waals surface area contributed by atoms with Gasteiger partial charge in [-0.15, -0.1) is 0 Å². The van der Waals surface area contributed by atoms with Crippen molar-refractivity contribution in [2.45, 2.75) is 26.7 Å². The zero-order valence-corrected chi connectivity index (χ0v) is 10.4. The molecule has 0 aromatic heterocycles. The molecular formula is C12H20F2O3. The lowest BCUT2D eigenvalue weighted by molar-refractivity contribution is 0.122. The first kappa shape index (κ1) is 16.1. The summed E-state index contributed by atoms with van der Waals surface area (Å²) < 4.78 is 40.1. The Morgan fingerprint density at radius 1 is 0.882 bits per heavy atom. The van der Waals surface area contributed by atoms with E-state index >= 15 is 0 Å². The molecule has 0 aliphatic carbocycles. The molecule has 0 radical (unpaired) electrons. The van der Waals surface area contributed by atoms with Gasteiger partial charge in [0.1, 0.15) is 24.2 Å². The second kappa shape index (κ2) is 11.5. The Morgan fingerprint density at radius 3 is 1.59 bits per heavy atom. The van der Waals surface area contributed by atoms with Gasteiger partial charge in [-0.05, 0) is 13.8 Å². The summed E-state index contributed by atoms with van der Waals surface area (Å²) in [5, 5.41) is 0. The van der Waals surface area contributed by atoms with Gasteiger partial charge in [0.05, 0.1) is 13.2 Å². The summed E-state index contributed by atoms with van der Waals surface area (Å²) in [5.41, 5.74) is 0. The molecule has 100 valence electrons. The third-order valence-corrected chi connectivity index (χ3v) is 1.90. The van der Waals surface area contributed by atoms with Crippen molar-refractivity contribution in [1.29, 1.82) is 0 Å². The van der Waals surface area contributed by atoms with Crippen LogP contribution in [-0.4, -0.2) is 26.4 Å². The molecule has 0 aromatic rings. The Kier molecular flexibility index (Phi) is 10.9. The largest absolute Gasteiger partial charge is 0.461 e. The van der Waals surface area contributed by atoms with Crippen molar-refractivity contribution in [3.05, 3.63) is 24.2 Å². The highest BCUT2D eigenvalue weighted by Gasteiger charge is 2.05. The molecule has 0 amide bonds. The highest BCUT2D eigenvalue weighted by molar-refractivity contribution is 4.97. The van der Waals surface area contributed by atoms with E-state index in [1.807, 2.05) is 13.8 Å². The van der Waals surface area contributed by atoms with Crippen LogP contribution in [0.25, 0.3) is 0 Å². The molecule has 0 heterocycles. The van der Waals surface area contributed by atoms with Crippen LogP contribution >= 0.6 is 0 Å². The summed E-state index contributed by atoms with van der Waals surface area (Å²) in [6, 6.07) is 0. The van der Waals surface area contributed by atoms with E-state index in [2.05, 4.69) is 0 Å². The Morgan fingerprint density at radius 2 is 1.29 bits per heavy atom. The molecule has 0 bridgehead atoms. The maximum Gasteiger partial charge on any atom is 0.134 e. The summed E-state index contributed by atoms with van der Waals surface area (Å²) in [6.07, 6.45) is 1.19. The summed E-state index contributed by atoms with van der Waals surface area (Å²) >= 11 is 0. The zero-order valence-electron chi connectivity index (χ0n) is 10.4. The van der Waals surface area contributed by atoms with Gasteiger partial charge < -0.3 is 14.2 Å². The van der Waals surface area contributed by atoms with Gasteiger partial charge in [-0.25, -0.2) is 8.78 Å². The maximum absolute atomic E-state index is 12.4. The zero-order chi connectivity index (χ0) is 12.9. The van der Waals surface area contributed by atoms with Gasteiger partial charge in [0.2, 0.25) is 0 Å². The van der Waals surface area contributed by atoms with E-state index in [0.29, 0.717) is 39.1 Å². The molecule has 0 unspecified atom stereocenters. The van der Waals surface area contributed by atoms with E-state index in [0.717, 1.165) is 0 Å². The molecule has 0 N–H and O–H groups in total. The van der Waals surface area contributed by atoms with Crippen molar-refractivity contribution in [1.82, 2.24) is 0 Å². The molecule has 0 spiro atoms. The van der Waals surface area contributed by atoms with Crippen LogP contribution in [0.15, 0.2) is 24.2 Å². The fourth-order valence-electron chi connectivity index (χ4n) is 1.06. The van der Waals surface area contributed by atoms with Crippen LogP contribution in [-0.2, 0) is 14.2 Å². The molecule has 5 heteroatoms. The number of halogens is 2. The standard InChI is InChI=1S/C12H20F2O3/c1-3-15-7-5-11(9-13)17-12(10-14)6-8-16-4-2/h9-10H,3-8H2,1-2H3. The predicted molar refractivity (Wildman–Crippen MR) is 61.7 cm³/mol. The normalized spacial score (nSPS) is 12.9. The van der Waals surface area contributed by atoms with Crippen molar-refractivity contribution in [3.63, 3.8) is 0 Å². The van der Waals surface area contributed by atoms with Crippen LogP contribution in [0.3, 0.4) is 0 Å². The molecule has 17 heavy (non-hydrogen) atoms. The number of hydrogen-bond acceptors (Lipinski definition) is 3. The summed E-state index contributed by atoms with van der Waals surface area (Å²) in [6.45, 7) is 5.48. The molecule has 0 rings (SSSR count). The molecule has 3 nitrogen and oxygen atoms in total. The third kappa shape index (κ3) is 8.83. The van der Waals surface area contributed by atoms with Crippen LogP contribution in [0, 0.1) is 0 Å². The van der Waals surface area contributed by atoms with E-state index < -0.39 is 0 Å². The quantitative estimate of drug-likeness (QED) is 0.439. The second-order valence-corrected chi connectivity index (χ2v) is 3.15. The van der Waals surface area contributed by atoms with Gasteiger partial charge in [-0.2, -0.15) is 0 Å². The molecule has 0 aliphatic rings. The monoisotopic (exact) mass is 250 g/mol. The summed E-state index contributed by atoms with van der Waals surface area (Å²) in [4.78, 5) is 0. The van der Waals surface area contributed by atoms with E-state index in [4.69, 9.17) is 14.2 Å². The minimum absolute atomic E-state index is 0.0545. The average Bonchev–Trinajstić information content (AvgIpc) is 2.36. The Labute approximate surface area is 101 Å². The highest BCUT2D eigenvalue weighted by Crippen LogP contribution is 2.14. The molecular weight excluding hydrogens is 230 g/mol. The lowest BCUT2D eigenvalue weighted by atomic mass is 10.3. The molecule has 0 aliphatic heterocycles. The van der Waals surface area contributed by atoms with Crippen LogP contribution in [0.5, 0.6) is 0 Å². The fraction of sp³-hybridized carbons (Fsp3) is 0.667. The van der Waals surface area contributed by atoms with Crippen LogP contribution < -0.4 is 0 Å². The van der Waals surface area contributed by atoms with E-state index in [1.165, 1.54) is 0 Å². The minimum Gasteiger partial charge on any atom is -0.461 e. The highest BCUT2D eigenvalue weighted by atomic mass is 19.1. The second-order valence-electron chi connectivity index (χ2n) is 3.15. The first-order chi connectivity index (χ1) is 8.28. The van der Waals surface area contributed by atoms with Gasteiger partial charge in [0.25, 0.3) is 0 Å². The molecule has 0 saturated heterocycles. The molecule has 0 fully saturated rings. The van der Waals surface area contributed by atoms with Gasteiger partial charge in [-0.1, -0.05) is 0 Å². The lowest BCUT2D eigenvalue weighted by Crippen LogP contribution is -2.02. The number of ether oxygens (including phenoxy) is 3. The average molecular weight is 250 g/mol. The molecule has 0 saturated carbocycles. The van der Waals surface area contributed by atoms with E-state index in [-0.39, 0.29) is 24.4 Å². The number of hydrogen-bond donors (Lipinski definition) is 0. The van der Waals surface area contributed by atoms with Crippen LogP contribution in [0.4, 0.5) is 8.78 Å². The third-order valence-electron chi connectivity index (χ3n) is 1.90. The Hall–Kier alpha value is -0.940. The van der Waals surface area contributed by atoms with Crippen molar-refractivity contribution >= 4 is 0 Å². The Balaban J connectivity index is 3.97. The first-order valence-corrected chi connectivity index (χ1v) is 5.70. The molecule has 0 aromatic carbocycles. The van der Waals surface area contributed by atoms with Crippen LogP contribution in [0.1, 0.15) is 26.7 Å². The van der Waals surface area contributed by atoms with Crippen molar-refractivity contribution in [3.8, 4) is 0 Å². The fourth-order valence-corrected chi connectivity index (χ4v) is 1.06. The Bertz CT molecular complexity index is 216. The van der Waals surface area contributed by atoms with E-state index in [9.17, 15) is 8.78 Å². The smallest absolute Gasteiger partial charge is 0.134 e. The predicted octanol–water partition coefficient (Wildman–Crippen LogP) is 3.48. The minimum atomic E-state index is 0.0545. The van der Waals surface area contributed by atoms with Crippen molar-refractivity contribution < 1.29 is 23.0 Å². The van der Waals surface area contributed by atoms with Crippen molar-refractivity contribution in [2.24, 2.45) is 0 Å². The molecule has 0 atom stereocenters. The topological polar surface area (TPSA) is 27.7 Å². The van der Waals surface area contributed by atoms with Gasteiger partial charge in [-0.3, -0.25) is 0 Å². The van der Waals surface area contributed by atoms with Gasteiger partial charge in [0.15, 0.2) is 0 Å². The first-order valence-electron chi connectivity index (χ1n) is 5.70. The maximum atomic E-state index is 12.4. The lowest BCUT2D eigenvalue weighted by Gasteiger charge is -2.11. The van der Waals surface area contributed by atoms with Crippen LogP contribution in [0.2, 0.25) is 0 Å².